The molecule has 2 nitrogen and oxygen atoms in total. The van der Waals surface area contributed by atoms with Crippen LogP contribution in [0.3, 0.4) is 0 Å². The summed E-state index contributed by atoms with van der Waals surface area (Å²) in [5.74, 6) is -0.182. The number of Topliss-reactive ketones (excluding diaryl/α,β-unsaturated/α-hetero) is 2. The van der Waals surface area contributed by atoms with Gasteiger partial charge in [-0.1, -0.05) is 152 Å². The molecule has 0 fully saturated rings. The van der Waals surface area contributed by atoms with E-state index in [1.807, 2.05) is 24.3 Å². The summed E-state index contributed by atoms with van der Waals surface area (Å²) in [5, 5.41) is 0. The lowest BCUT2D eigenvalue weighted by molar-refractivity contribution is 0.0894. The second-order valence-corrected chi connectivity index (χ2v) is 10.9. The van der Waals surface area contributed by atoms with Crippen molar-refractivity contribution < 1.29 is 9.59 Å². The van der Waals surface area contributed by atoms with Crippen LogP contribution in [-0.2, 0) is 12.8 Å². The van der Waals surface area contributed by atoms with Gasteiger partial charge in [0, 0.05) is 11.1 Å². The summed E-state index contributed by atoms with van der Waals surface area (Å²) < 4.78 is 0. The number of hydrogen-bond acceptors (Lipinski definition) is 2. The third kappa shape index (κ3) is 13.8. The van der Waals surface area contributed by atoms with Crippen LogP contribution in [-0.4, -0.2) is 11.6 Å². The summed E-state index contributed by atoms with van der Waals surface area (Å²) in [6.45, 7) is 4.52. The smallest absolute Gasteiger partial charge is 0.170 e. The average Bonchev–Trinajstić information content (AvgIpc) is 2.92. The highest BCUT2D eigenvalue weighted by molar-refractivity contribution is 6.13. The van der Waals surface area contributed by atoms with Crippen LogP contribution >= 0.6 is 0 Å². The normalized spacial score (nSPS) is 11.1. The first-order valence-electron chi connectivity index (χ1n) is 15.4. The van der Waals surface area contributed by atoms with Gasteiger partial charge in [0.1, 0.15) is 0 Å². The number of ketones is 2. The van der Waals surface area contributed by atoms with Gasteiger partial charge in [0.05, 0.1) is 6.42 Å². The van der Waals surface area contributed by atoms with E-state index in [4.69, 9.17) is 0 Å². The van der Waals surface area contributed by atoms with Crippen LogP contribution in [0.15, 0.2) is 48.5 Å². The third-order valence-electron chi connectivity index (χ3n) is 7.51. The third-order valence-corrected chi connectivity index (χ3v) is 7.51. The van der Waals surface area contributed by atoms with Crippen molar-refractivity contribution >= 4 is 11.6 Å². The Morgan fingerprint density at radius 2 is 0.730 bits per heavy atom. The van der Waals surface area contributed by atoms with E-state index in [-0.39, 0.29) is 18.0 Å². The van der Waals surface area contributed by atoms with Crippen molar-refractivity contribution in [3.63, 3.8) is 0 Å². The molecule has 0 saturated heterocycles. The second kappa shape index (κ2) is 19.8. The molecule has 0 N–H and O–H groups in total. The Hall–Kier alpha value is -2.22. The largest absolute Gasteiger partial charge is 0.294 e. The summed E-state index contributed by atoms with van der Waals surface area (Å²) in [6.07, 6.45) is 23.2. The number of hydrogen-bond donors (Lipinski definition) is 0. The standard InChI is InChI=1S/C35H52O2/c1-3-5-7-9-11-13-15-17-19-30-21-25-32(26-22-30)34(36)29-35(37)33-27-23-31(24-28-33)20-18-16-14-12-10-8-6-4-2/h21-28H,3-20,29H2,1-2H3. The van der Waals surface area contributed by atoms with E-state index in [1.165, 1.54) is 114 Å². The van der Waals surface area contributed by atoms with Crippen LogP contribution < -0.4 is 0 Å². The SMILES string of the molecule is CCCCCCCCCCc1ccc(C(=O)CC(=O)c2ccc(CCCCCCCCCC)cc2)cc1. The molecule has 204 valence electrons. The fourth-order valence-corrected chi connectivity index (χ4v) is 4.99. The molecule has 0 amide bonds. The predicted octanol–water partition coefficient (Wildman–Crippen LogP) is 10.5. The summed E-state index contributed by atoms with van der Waals surface area (Å²) in [5.41, 5.74) is 3.83. The molecular weight excluding hydrogens is 452 g/mol. The number of aryl methyl sites for hydroxylation is 2. The van der Waals surface area contributed by atoms with Gasteiger partial charge < -0.3 is 0 Å². The first kappa shape index (κ1) is 31.0. The molecule has 2 aromatic rings. The number of carbonyl (C=O) groups is 2. The van der Waals surface area contributed by atoms with E-state index in [0.717, 1.165) is 12.8 Å². The molecule has 0 aliphatic heterocycles. The lowest BCUT2D eigenvalue weighted by atomic mass is 9.98. The van der Waals surface area contributed by atoms with E-state index in [2.05, 4.69) is 38.1 Å². The van der Waals surface area contributed by atoms with Crippen molar-refractivity contribution in [2.45, 2.75) is 136 Å². The molecule has 0 radical (unpaired) electrons. The Balaban J connectivity index is 1.64. The van der Waals surface area contributed by atoms with Gasteiger partial charge in [-0.2, -0.15) is 0 Å². The molecule has 0 aliphatic carbocycles. The minimum atomic E-state index is -0.0911. The highest BCUT2D eigenvalue weighted by atomic mass is 16.1. The Bertz CT molecular complexity index is 790. The summed E-state index contributed by atoms with van der Waals surface area (Å²) in [4.78, 5) is 25.4. The fourth-order valence-electron chi connectivity index (χ4n) is 4.99. The molecule has 2 heteroatoms. The molecule has 0 atom stereocenters. The van der Waals surface area contributed by atoms with Crippen LogP contribution in [0.25, 0.3) is 0 Å². The number of unbranched alkanes of at least 4 members (excludes halogenated alkanes) is 14. The molecule has 0 bridgehead atoms. The van der Waals surface area contributed by atoms with Crippen LogP contribution in [0.2, 0.25) is 0 Å². The van der Waals surface area contributed by atoms with Gasteiger partial charge in [-0.15, -0.1) is 0 Å². The van der Waals surface area contributed by atoms with Crippen LogP contribution in [0, 0.1) is 0 Å². The van der Waals surface area contributed by atoms with Gasteiger partial charge in [-0.05, 0) is 36.8 Å². The Kier molecular flexibility index (Phi) is 16.6. The average molecular weight is 505 g/mol. The van der Waals surface area contributed by atoms with E-state index in [0.29, 0.717) is 11.1 Å². The van der Waals surface area contributed by atoms with Gasteiger partial charge in [0.25, 0.3) is 0 Å². The molecule has 0 heterocycles. The van der Waals surface area contributed by atoms with Crippen molar-refractivity contribution in [2.75, 3.05) is 0 Å². The van der Waals surface area contributed by atoms with Gasteiger partial charge in [-0.25, -0.2) is 0 Å². The fraction of sp³-hybridized carbons (Fsp3) is 0.600. The quantitative estimate of drug-likeness (QED) is 0.0907. The van der Waals surface area contributed by atoms with Gasteiger partial charge in [-0.3, -0.25) is 9.59 Å². The first-order valence-corrected chi connectivity index (χ1v) is 15.4. The number of rotatable bonds is 22. The van der Waals surface area contributed by atoms with E-state index in [9.17, 15) is 9.59 Å². The lowest BCUT2D eigenvalue weighted by Crippen LogP contribution is -2.08. The molecule has 0 aliphatic rings. The highest BCUT2D eigenvalue weighted by Gasteiger charge is 2.14. The minimum absolute atomic E-state index is 0.0608. The Morgan fingerprint density at radius 1 is 0.432 bits per heavy atom. The van der Waals surface area contributed by atoms with Crippen molar-refractivity contribution in [1.29, 1.82) is 0 Å². The highest BCUT2D eigenvalue weighted by Crippen LogP contribution is 2.16. The predicted molar refractivity (Wildman–Crippen MR) is 159 cm³/mol. The summed E-state index contributed by atoms with van der Waals surface area (Å²) in [6, 6.07) is 15.8. The van der Waals surface area contributed by atoms with Crippen LogP contribution in [0.4, 0.5) is 0 Å². The maximum absolute atomic E-state index is 12.7. The second-order valence-electron chi connectivity index (χ2n) is 10.9. The zero-order valence-electron chi connectivity index (χ0n) is 23.9. The van der Waals surface area contributed by atoms with E-state index in [1.54, 1.807) is 0 Å². The van der Waals surface area contributed by atoms with Crippen LogP contribution in [0.5, 0.6) is 0 Å². The molecule has 0 saturated carbocycles. The maximum Gasteiger partial charge on any atom is 0.170 e. The molecule has 2 rings (SSSR count). The molecule has 2 aromatic carbocycles. The molecule has 0 aromatic heterocycles. The maximum atomic E-state index is 12.7. The van der Waals surface area contributed by atoms with Crippen molar-refractivity contribution in [3.05, 3.63) is 70.8 Å². The van der Waals surface area contributed by atoms with Crippen molar-refractivity contribution in [3.8, 4) is 0 Å². The first-order chi connectivity index (χ1) is 18.1. The zero-order chi connectivity index (χ0) is 26.6. The number of carbonyl (C=O) groups excluding carboxylic acids is 2. The van der Waals surface area contributed by atoms with Crippen molar-refractivity contribution in [1.82, 2.24) is 0 Å². The van der Waals surface area contributed by atoms with Crippen LogP contribution in [0.1, 0.15) is 155 Å². The molecular formula is C35H52O2. The topological polar surface area (TPSA) is 34.1 Å². The summed E-state index contributed by atoms with van der Waals surface area (Å²) in [7, 11) is 0. The minimum Gasteiger partial charge on any atom is -0.294 e. The van der Waals surface area contributed by atoms with Crippen molar-refractivity contribution in [2.24, 2.45) is 0 Å². The number of benzene rings is 2. The van der Waals surface area contributed by atoms with E-state index < -0.39 is 0 Å². The lowest BCUT2D eigenvalue weighted by Gasteiger charge is -2.06. The van der Waals surface area contributed by atoms with Gasteiger partial charge >= 0.3 is 0 Å². The Morgan fingerprint density at radius 3 is 1.05 bits per heavy atom. The monoisotopic (exact) mass is 504 g/mol. The molecule has 0 spiro atoms. The molecule has 0 unspecified atom stereocenters. The van der Waals surface area contributed by atoms with Gasteiger partial charge in [0.15, 0.2) is 11.6 Å². The molecule has 37 heavy (non-hydrogen) atoms. The van der Waals surface area contributed by atoms with Gasteiger partial charge in [0.2, 0.25) is 0 Å². The summed E-state index contributed by atoms with van der Waals surface area (Å²) >= 11 is 0. The zero-order valence-corrected chi connectivity index (χ0v) is 23.9. The van der Waals surface area contributed by atoms with E-state index >= 15 is 0 Å². The Labute approximate surface area is 227 Å².